The van der Waals surface area contributed by atoms with Crippen LogP contribution in [0, 0.1) is 0 Å². The molecule has 1 heterocycles. The molecule has 0 aliphatic heterocycles. The van der Waals surface area contributed by atoms with E-state index < -0.39 is 0 Å². The number of fused-ring (bicyclic) bond motifs is 1. The molecule has 1 aromatic heterocycles. The van der Waals surface area contributed by atoms with Gasteiger partial charge in [-0.15, -0.1) is 0 Å². The molecule has 0 saturated heterocycles. The number of aromatic nitrogens is 1. The summed E-state index contributed by atoms with van der Waals surface area (Å²) in [4.78, 5) is 15.6. The molecular weight excluding hydrogens is 268 g/mol. The molecule has 1 amide bonds. The van der Waals surface area contributed by atoms with Gasteiger partial charge in [-0.3, -0.25) is 9.78 Å². The predicted molar refractivity (Wildman–Crippen MR) is 68.8 cm³/mol. The number of alkyl halides is 1. The summed E-state index contributed by atoms with van der Waals surface area (Å²) >= 11 is 3.23. The van der Waals surface area contributed by atoms with Crippen molar-refractivity contribution >= 4 is 38.4 Å². The van der Waals surface area contributed by atoms with Gasteiger partial charge in [-0.05, 0) is 24.3 Å². The first-order valence-electron chi connectivity index (χ1n) is 5.00. The Bertz CT molecular complexity index is 513. The molecule has 1 N–H and O–H groups in total. The Kier molecular flexibility index (Phi) is 3.51. The van der Waals surface area contributed by atoms with E-state index in [9.17, 15) is 4.79 Å². The largest absolute Gasteiger partial charge is 0.326 e. The zero-order valence-electron chi connectivity index (χ0n) is 8.61. The lowest BCUT2D eigenvalue weighted by Crippen LogP contribution is -2.11. The van der Waals surface area contributed by atoms with E-state index in [0.29, 0.717) is 11.8 Å². The molecule has 16 heavy (non-hydrogen) atoms. The van der Waals surface area contributed by atoms with Gasteiger partial charge in [0.2, 0.25) is 5.91 Å². The first-order chi connectivity index (χ1) is 7.79. The SMILES string of the molecule is O=C(CCBr)Nc1ccc2ncccc2c1. The number of anilines is 1. The van der Waals surface area contributed by atoms with Crippen molar-refractivity contribution in [3.63, 3.8) is 0 Å². The number of carbonyl (C=O) groups is 1. The third kappa shape index (κ3) is 2.58. The molecule has 0 radical (unpaired) electrons. The van der Waals surface area contributed by atoms with E-state index in [-0.39, 0.29) is 5.91 Å². The summed E-state index contributed by atoms with van der Waals surface area (Å²) in [5.41, 5.74) is 1.74. The minimum absolute atomic E-state index is 0.0140. The van der Waals surface area contributed by atoms with E-state index in [2.05, 4.69) is 26.2 Å². The van der Waals surface area contributed by atoms with Crippen LogP contribution in [0.15, 0.2) is 36.5 Å². The lowest BCUT2D eigenvalue weighted by molar-refractivity contribution is -0.115. The molecule has 82 valence electrons. The number of amides is 1. The van der Waals surface area contributed by atoms with Crippen LogP contribution < -0.4 is 5.32 Å². The van der Waals surface area contributed by atoms with Gasteiger partial charge in [0.25, 0.3) is 0 Å². The van der Waals surface area contributed by atoms with Gasteiger partial charge >= 0.3 is 0 Å². The van der Waals surface area contributed by atoms with Crippen LogP contribution in [0.25, 0.3) is 10.9 Å². The summed E-state index contributed by atoms with van der Waals surface area (Å²) in [6, 6.07) is 9.55. The van der Waals surface area contributed by atoms with E-state index in [1.807, 2.05) is 30.3 Å². The molecular formula is C12H11BrN2O. The highest BCUT2D eigenvalue weighted by Gasteiger charge is 2.01. The topological polar surface area (TPSA) is 42.0 Å². The smallest absolute Gasteiger partial charge is 0.225 e. The van der Waals surface area contributed by atoms with E-state index in [4.69, 9.17) is 0 Å². The van der Waals surface area contributed by atoms with Crippen molar-refractivity contribution in [2.24, 2.45) is 0 Å². The summed E-state index contributed by atoms with van der Waals surface area (Å²) in [5, 5.41) is 4.54. The number of carbonyl (C=O) groups excluding carboxylic acids is 1. The third-order valence-corrected chi connectivity index (χ3v) is 2.60. The Hall–Kier alpha value is -1.42. The van der Waals surface area contributed by atoms with Crippen molar-refractivity contribution in [3.8, 4) is 0 Å². The van der Waals surface area contributed by atoms with Crippen LogP contribution in [0.4, 0.5) is 5.69 Å². The number of nitrogens with one attached hydrogen (secondary N) is 1. The second kappa shape index (κ2) is 5.07. The van der Waals surface area contributed by atoms with Crippen molar-refractivity contribution in [1.82, 2.24) is 4.98 Å². The number of hydrogen-bond donors (Lipinski definition) is 1. The van der Waals surface area contributed by atoms with Crippen LogP contribution in [0.3, 0.4) is 0 Å². The van der Waals surface area contributed by atoms with Gasteiger partial charge in [0.15, 0.2) is 0 Å². The maximum atomic E-state index is 11.4. The van der Waals surface area contributed by atoms with Gasteiger partial charge in [0.05, 0.1) is 5.52 Å². The molecule has 2 aromatic rings. The maximum Gasteiger partial charge on any atom is 0.225 e. The number of nitrogens with zero attached hydrogens (tertiary/aromatic N) is 1. The molecule has 0 spiro atoms. The number of pyridine rings is 1. The molecule has 2 rings (SSSR count). The lowest BCUT2D eigenvalue weighted by atomic mass is 10.2. The van der Waals surface area contributed by atoms with Gasteiger partial charge in [0.1, 0.15) is 0 Å². The number of halogens is 1. The Morgan fingerprint density at radius 3 is 3.06 bits per heavy atom. The fourth-order valence-corrected chi connectivity index (χ4v) is 1.82. The van der Waals surface area contributed by atoms with E-state index >= 15 is 0 Å². The first-order valence-corrected chi connectivity index (χ1v) is 6.12. The van der Waals surface area contributed by atoms with Crippen LogP contribution in [0.2, 0.25) is 0 Å². The summed E-state index contributed by atoms with van der Waals surface area (Å²) < 4.78 is 0. The normalized spacial score (nSPS) is 10.3. The average molecular weight is 279 g/mol. The fourth-order valence-electron chi connectivity index (χ4n) is 1.46. The molecule has 0 unspecified atom stereocenters. The lowest BCUT2D eigenvalue weighted by Gasteiger charge is -2.04. The Morgan fingerprint density at radius 2 is 2.25 bits per heavy atom. The molecule has 0 saturated carbocycles. The first kappa shape index (κ1) is 11.1. The summed E-state index contributed by atoms with van der Waals surface area (Å²) in [6.07, 6.45) is 2.23. The van der Waals surface area contributed by atoms with Crippen molar-refractivity contribution in [2.45, 2.75) is 6.42 Å². The number of rotatable bonds is 3. The van der Waals surface area contributed by atoms with Crippen LogP contribution in [0.1, 0.15) is 6.42 Å². The highest BCUT2D eigenvalue weighted by atomic mass is 79.9. The zero-order valence-corrected chi connectivity index (χ0v) is 10.2. The third-order valence-electron chi connectivity index (χ3n) is 2.21. The van der Waals surface area contributed by atoms with Crippen LogP contribution in [-0.4, -0.2) is 16.2 Å². The summed E-state index contributed by atoms with van der Waals surface area (Å²) in [7, 11) is 0. The summed E-state index contributed by atoms with van der Waals surface area (Å²) in [5.74, 6) is 0.0140. The van der Waals surface area contributed by atoms with Crippen LogP contribution >= 0.6 is 15.9 Å². The van der Waals surface area contributed by atoms with Crippen molar-refractivity contribution in [3.05, 3.63) is 36.5 Å². The fraction of sp³-hybridized carbons (Fsp3) is 0.167. The van der Waals surface area contributed by atoms with Gasteiger partial charge in [-0.25, -0.2) is 0 Å². The van der Waals surface area contributed by atoms with Crippen LogP contribution in [0.5, 0.6) is 0 Å². The molecule has 1 aromatic carbocycles. The van der Waals surface area contributed by atoms with Crippen molar-refractivity contribution in [2.75, 3.05) is 10.6 Å². The standard InChI is InChI=1S/C12H11BrN2O/c13-6-5-12(16)15-10-3-4-11-9(8-10)2-1-7-14-11/h1-4,7-8H,5-6H2,(H,15,16). The minimum atomic E-state index is 0.0140. The highest BCUT2D eigenvalue weighted by molar-refractivity contribution is 9.09. The van der Waals surface area contributed by atoms with E-state index in [1.165, 1.54) is 0 Å². The number of benzene rings is 1. The van der Waals surface area contributed by atoms with Gasteiger partial charge in [0, 0.05) is 29.0 Å². The predicted octanol–water partition coefficient (Wildman–Crippen LogP) is 2.96. The second-order valence-electron chi connectivity index (χ2n) is 3.40. The van der Waals surface area contributed by atoms with E-state index in [0.717, 1.165) is 16.6 Å². The Labute approximate surface area is 102 Å². The average Bonchev–Trinajstić information content (AvgIpc) is 2.29. The Morgan fingerprint density at radius 1 is 1.38 bits per heavy atom. The summed E-state index contributed by atoms with van der Waals surface area (Å²) in [6.45, 7) is 0. The molecule has 0 bridgehead atoms. The highest BCUT2D eigenvalue weighted by Crippen LogP contribution is 2.17. The molecule has 3 nitrogen and oxygen atoms in total. The number of hydrogen-bond acceptors (Lipinski definition) is 2. The van der Waals surface area contributed by atoms with Gasteiger partial charge < -0.3 is 5.32 Å². The van der Waals surface area contributed by atoms with Crippen molar-refractivity contribution in [1.29, 1.82) is 0 Å². The molecule has 0 atom stereocenters. The molecule has 0 aliphatic carbocycles. The van der Waals surface area contributed by atoms with Gasteiger partial charge in [-0.2, -0.15) is 0 Å². The second-order valence-corrected chi connectivity index (χ2v) is 4.19. The van der Waals surface area contributed by atoms with Gasteiger partial charge in [-0.1, -0.05) is 22.0 Å². The minimum Gasteiger partial charge on any atom is -0.326 e. The Balaban J connectivity index is 2.22. The monoisotopic (exact) mass is 278 g/mol. The zero-order chi connectivity index (χ0) is 11.4. The molecule has 0 aliphatic rings. The molecule has 4 heteroatoms. The quantitative estimate of drug-likeness (QED) is 0.878. The van der Waals surface area contributed by atoms with Crippen molar-refractivity contribution < 1.29 is 4.79 Å². The molecule has 0 fully saturated rings. The maximum absolute atomic E-state index is 11.4. The van der Waals surface area contributed by atoms with Crippen LogP contribution in [-0.2, 0) is 4.79 Å². The van der Waals surface area contributed by atoms with E-state index in [1.54, 1.807) is 6.20 Å².